The average Bonchev–Trinajstić information content (AvgIpc) is 2.16. The molecule has 0 bridgehead atoms. The maximum Gasteiger partial charge on any atom is 0.0583 e. The van der Waals surface area contributed by atoms with Crippen molar-refractivity contribution in [1.82, 2.24) is 0 Å². The van der Waals surface area contributed by atoms with Crippen LogP contribution < -0.4 is 0 Å². The van der Waals surface area contributed by atoms with E-state index in [0.29, 0.717) is 5.92 Å². The second kappa shape index (κ2) is 5.18. The van der Waals surface area contributed by atoms with E-state index in [0.717, 1.165) is 19.3 Å². The van der Waals surface area contributed by atoms with Gasteiger partial charge in [0, 0.05) is 0 Å². The number of hydrogen-bond donors (Lipinski definition) is 1. The predicted molar refractivity (Wildman–Crippen MR) is 70.3 cm³/mol. The monoisotopic (exact) mass is 222 g/mol. The maximum absolute atomic E-state index is 9.68. The molecule has 2 unspecified atom stereocenters. The minimum Gasteiger partial charge on any atom is -0.393 e. The number of hydrogen-bond acceptors (Lipinski definition) is 1. The van der Waals surface area contributed by atoms with Gasteiger partial charge in [-0.05, 0) is 43.1 Å². The molecule has 0 saturated carbocycles. The highest BCUT2D eigenvalue weighted by atomic mass is 16.3. The third-order valence-corrected chi connectivity index (χ3v) is 3.82. The molecule has 1 aliphatic carbocycles. The number of rotatable bonds is 3. The fraction of sp³-hybridized carbons (Fsp3) is 0.733. The van der Waals surface area contributed by atoms with E-state index in [4.69, 9.17) is 0 Å². The second-order valence-corrected chi connectivity index (χ2v) is 5.91. The largest absolute Gasteiger partial charge is 0.393 e. The van der Waals surface area contributed by atoms with E-state index in [-0.39, 0.29) is 11.5 Å². The van der Waals surface area contributed by atoms with Crippen LogP contribution in [0.15, 0.2) is 23.3 Å². The summed E-state index contributed by atoms with van der Waals surface area (Å²) in [7, 11) is 0. The van der Waals surface area contributed by atoms with E-state index in [9.17, 15) is 5.11 Å². The Morgan fingerprint density at radius 1 is 1.44 bits per heavy atom. The standard InChI is InChI=1S/C15H26O/c1-6-15(4,5)8-7-14-11(2)9-13(16)10-12(14)3/h7-8,11,13,16H,6,9-10H2,1-5H3. The fourth-order valence-electron chi connectivity index (χ4n) is 2.25. The zero-order chi connectivity index (χ0) is 12.3. The van der Waals surface area contributed by atoms with Gasteiger partial charge in [-0.1, -0.05) is 45.4 Å². The molecule has 0 saturated heterocycles. The molecule has 1 nitrogen and oxygen atoms in total. The Bertz CT molecular complexity index is 297. The Morgan fingerprint density at radius 2 is 2.06 bits per heavy atom. The molecule has 0 aromatic heterocycles. The first-order valence-corrected chi connectivity index (χ1v) is 6.42. The van der Waals surface area contributed by atoms with Crippen molar-refractivity contribution in [2.24, 2.45) is 11.3 Å². The van der Waals surface area contributed by atoms with Crippen LogP contribution >= 0.6 is 0 Å². The molecule has 1 N–H and O–H groups in total. The molecule has 1 aliphatic rings. The van der Waals surface area contributed by atoms with Gasteiger partial charge < -0.3 is 5.11 Å². The quantitative estimate of drug-likeness (QED) is 0.762. The molecule has 0 aromatic carbocycles. The minimum atomic E-state index is -0.133. The first-order valence-electron chi connectivity index (χ1n) is 6.42. The lowest BCUT2D eigenvalue weighted by Crippen LogP contribution is -2.20. The van der Waals surface area contributed by atoms with Crippen LogP contribution in [0.25, 0.3) is 0 Å². The van der Waals surface area contributed by atoms with E-state index in [2.05, 4.69) is 46.8 Å². The molecule has 0 amide bonds. The lowest BCUT2D eigenvalue weighted by Gasteiger charge is -2.27. The average molecular weight is 222 g/mol. The summed E-state index contributed by atoms with van der Waals surface area (Å²) in [6, 6.07) is 0. The molecule has 0 heterocycles. The molecule has 0 radical (unpaired) electrons. The molecule has 0 aromatic rings. The highest BCUT2D eigenvalue weighted by Crippen LogP contribution is 2.32. The molecule has 0 fully saturated rings. The topological polar surface area (TPSA) is 20.2 Å². The van der Waals surface area contributed by atoms with E-state index >= 15 is 0 Å². The molecule has 92 valence electrons. The summed E-state index contributed by atoms with van der Waals surface area (Å²) in [5, 5.41) is 9.68. The van der Waals surface area contributed by atoms with E-state index < -0.39 is 0 Å². The Kier molecular flexibility index (Phi) is 4.37. The van der Waals surface area contributed by atoms with E-state index in [1.165, 1.54) is 11.1 Å². The van der Waals surface area contributed by atoms with Crippen LogP contribution in [0.4, 0.5) is 0 Å². The third kappa shape index (κ3) is 3.48. The van der Waals surface area contributed by atoms with Crippen LogP contribution in [-0.4, -0.2) is 11.2 Å². The lowest BCUT2D eigenvalue weighted by atomic mass is 9.81. The van der Waals surface area contributed by atoms with Crippen molar-refractivity contribution in [3.8, 4) is 0 Å². The van der Waals surface area contributed by atoms with Gasteiger partial charge in [0.05, 0.1) is 6.10 Å². The van der Waals surface area contributed by atoms with Crippen LogP contribution in [0.2, 0.25) is 0 Å². The van der Waals surface area contributed by atoms with E-state index in [1.54, 1.807) is 0 Å². The Labute approximate surface area is 100 Å². The fourth-order valence-corrected chi connectivity index (χ4v) is 2.25. The molecule has 1 heteroatoms. The van der Waals surface area contributed by atoms with Gasteiger partial charge >= 0.3 is 0 Å². The normalized spacial score (nSPS) is 27.9. The first kappa shape index (κ1) is 13.5. The number of allylic oxidation sites excluding steroid dienone is 3. The second-order valence-electron chi connectivity index (χ2n) is 5.91. The zero-order valence-corrected chi connectivity index (χ0v) is 11.4. The van der Waals surface area contributed by atoms with Crippen LogP contribution in [0.3, 0.4) is 0 Å². The Morgan fingerprint density at radius 3 is 2.56 bits per heavy atom. The molecule has 1 rings (SSSR count). The summed E-state index contributed by atoms with van der Waals surface area (Å²) in [6.45, 7) is 11.1. The summed E-state index contributed by atoms with van der Waals surface area (Å²) in [4.78, 5) is 0. The summed E-state index contributed by atoms with van der Waals surface area (Å²) >= 11 is 0. The van der Waals surface area contributed by atoms with Crippen molar-refractivity contribution in [1.29, 1.82) is 0 Å². The van der Waals surface area contributed by atoms with Crippen LogP contribution in [0.1, 0.15) is 53.9 Å². The van der Waals surface area contributed by atoms with Gasteiger partial charge in [0.1, 0.15) is 0 Å². The van der Waals surface area contributed by atoms with Gasteiger partial charge in [-0.15, -0.1) is 0 Å². The molecule has 2 atom stereocenters. The highest BCUT2D eigenvalue weighted by Gasteiger charge is 2.22. The van der Waals surface area contributed by atoms with E-state index in [1.807, 2.05) is 0 Å². The summed E-state index contributed by atoms with van der Waals surface area (Å²) in [6.07, 6.45) is 7.38. The van der Waals surface area contributed by atoms with Gasteiger partial charge in [-0.25, -0.2) is 0 Å². The molecular weight excluding hydrogens is 196 g/mol. The zero-order valence-electron chi connectivity index (χ0n) is 11.4. The van der Waals surface area contributed by atoms with Gasteiger partial charge in [-0.3, -0.25) is 0 Å². The summed E-state index contributed by atoms with van der Waals surface area (Å²) in [5.74, 6) is 0.493. The smallest absolute Gasteiger partial charge is 0.0583 e. The lowest BCUT2D eigenvalue weighted by molar-refractivity contribution is 0.143. The maximum atomic E-state index is 9.68. The highest BCUT2D eigenvalue weighted by molar-refractivity contribution is 5.30. The van der Waals surface area contributed by atoms with Crippen molar-refractivity contribution in [3.63, 3.8) is 0 Å². The molecule has 16 heavy (non-hydrogen) atoms. The van der Waals surface area contributed by atoms with Crippen LogP contribution in [0, 0.1) is 11.3 Å². The Balaban J connectivity index is 2.83. The molecule has 0 aliphatic heterocycles. The van der Waals surface area contributed by atoms with Crippen molar-refractivity contribution in [3.05, 3.63) is 23.3 Å². The predicted octanol–water partition coefficient (Wildman–Crippen LogP) is 4.09. The minimum absolute atomic E-state index is 0.133. The van der Waals surface area contributed by atoms with Gasteiger partial charge in [-0.2, -0.15) is 0 Å². The number of aliphatic hydroxyl groups excluding tert-OH is 1. The van der Waals surface area contributed by atoms with Crippen LogP contribution in [0.5, 0.6) is 0 Å². The van der Waals surface area contributed by atoms with Crippen molar-refractivity contribution in [2.75, 3.05) is 0 Å². The van der Waals surface area contributed by atoms with Crippen LogP contribution in [-0.2, 0) is 0 Å². The van der Waals surface area contributed by atoms with Gasteiger partial charge in [0.25, 0.3) is 0 Å². The number of aliphatic hydroxyl groups is 1. The van der Waals surface area contributed by atoms with Crippen molar-refractivity contribution >= 4 is 0 Å². The van der Waals surface area contributed by atoms with Gasteiger partial charge in [0.2, 0.25) is 0 Å². The van der Waals surface area contributed by atoms with Crippen molar-refractivity contribution in [2.45, 2.75) is 60.0 Å². The third-order valence-electron chi connectivity index (χ3n) is 3.82. The van der Waals surface area contributed by atoms with Gasteiger partial charge in [0.15, 0.2) is 0 Å². The summed E-state index contributed by atoms with van der Waals surface area (Å²) in [5.41, 5.74) is 3.07. The molecule has 0 spiro atoms. The Hall–Kier alpha value is -0.560. The summed E-state index contributed by atoms with van der Waals surface area (Å²) < 4.78 is 0. The SMILES string of the molecule is CCC(C)(C)C=CC1=C(C)CC(O)CC1C. The van der Waals surface area contributed by atoms with Crippen molar-refractivity contribution < 1.29 is 5.11 Å². The first-order chi connectivity index (χ1) is 7.35. The molecular formula is C15H26O.